The number of fused-ring (bicyclic) bond motifs is 3. The van der Waals surface area contributed by atoms with Crippen LogP contribution in [0.4, 0.5) is 0 Å². The van der Waals surface area contributed by atoms with E-state index in [0.29, 0.717) is 17.0 Å². The monoisotopic (exact) mass is 481 g/mol. The van der Waals surface area contributed by atoms with Gasteiger partial charge in [0.05, 0.1) is 16.8 Å². The molecule has 1 N–H and O–H groups in total. The van der Waals surface area contributed by atoms with Gasteiger partial charge in [-0.15, -0.1) is 11.8 Å². The Balaban J connectivity index is 2.03. The number of carbonyl (C=O) groups is 1. The van der Waals surface area contributed by atoms with Gasteiger partial charge in [0.15, 0.2) is 9.84 Å². The number of aromatic nitrogens is 1. The molecule has 1 aliphatic rings. The number of rotatable bonds is 6. The van der Waals surface area contributed by atoms with Gasteiger partial charge in [0.25, 0.3) is 0 Å². The van der Waals surface area contributed by atoms with Crippen LogP contribution in [0.3, 0.4) is 0 Å². The molecule has 3 aromatic rings. The fraction of sp³-hybridized carbons (Fsp3) is 0.286. The van der Waals surface area contributed by atoms with Crippen molar-refractivity contribution < 1.29 is 18.3 Å². The van der Waals surface area contributed by atoms with E-state index in [-0.39, 0.29) is 17.2 Å². The number of halogens is 1. The summed E-state index contributed by atoms with van der Waals surface area (Å²) < 4.78 is 27.5. The highest BCUT2D eigenvalue weighted by Crippen LogP contribution is 2.49. The quantitative estimate of drug-likeness (QED) is 0.466. The lowest BCUT2D eigenvalue weighted by atomic mass is 10.0. The molecule has 158 valence electrons. The summed E-state index contributed by atoms with van der Waals surface area (Å²) in [7, 11) is -3.49. The van der Waals surface area contributed by atoms with Gasteiger partial charge < -0.3 is 9.67 Å². The summed E-state index contributed by atoms with van der Waals surface area (Å²) in [5.74, 6) is -1.01. The van der Waals surface area contributed by atoms with E-state index in [4.69, 9.17) is 11.6 Å². The topological polar surface area (TPSA) is 76.4 Å². The third-order valence-electron chi connectivity index (χ3n) is 5.27. The summed E-state index contributed by atoms with van der Waals surface area (Å²) in [5.41, 5.74) is 1.76. The minimum absolute atomic E-state index is 0.0219. The molecule has 1 unspecified atom stereocenters. The third kappa shape index (κ3) is 3.98. The lowest BCUT2D eigenvalue weighted by molar-refractivity contribution is -0.137. The molecule has 0 amide bonds. The highest BCUT2D eigenvalue weighted by molar-refractivity contribution is 7.99. The zero-order valence-electron chi connectivity index (χ0n) is 16.4. The third-order valence-corrected chi connectivity index (χ3v) is 8.48. The minimum Gasteiger partial charge on any atom is -0.481 e. The van der Waals surface area contributed by atoms with Crippen molar-refractivity contribution in [3.63, 3.8) is 0 Å². The maximum absolute atomic E-state index is 12.7. The van der Waals surface area contributed by atoms with Crippen LogP contribution in [0.25, 0.3) is 10.9 Å². The van der Waals surface area contributed by atoms with E-state index in [0.717, 1.165) is 32.3 Å². The Morgan fingerprint density at radius 1 is 1.23 bits per heavy atom. The number of thioether (sulfide) groups is 1. The van der Waals surface area contributed by atoms with Crippen molar-refractivity contribution in [1.29, 1.82) is 0 Å². The van der Waals surface area contributed by atoms with Crippen molar-refractivity contribution in [2.24, 2.45) is 0 Å². The molecule has 4 rings (SSSR count). The van der Waals surface area contributed by atoms with Gasteiger partial charge >= 0.3 is 5.97 Å². The lowest BCUT2D eigenvalue weighted by Gasteiger charge is -2.12. The average Bonchev–Trinajstić information content (AvgIpc) is 3.21. The smallest absolute Gasteiger partial charge is 0.304 e. The zero-order valence-corrected chi connectivity index (χ0v) is 19.6. The SMILES string of the molecule is CSc1cc(S(C)(=O)=O)c2c(Sc3ccc(Cl)cc3)c3n(c2c1)CCC3CC(=O)O. The Morgan fingerprint density at radius 2 is 1.93 bits per heavy atom. The van der Waals surface area contributed by atoms with Crippen LogP contribution in [-0.4, -0.2) is 36.6 Å². The molecule has 0 fully saturated rings. The number of aryl methyl sites for hydroxylation is 1. The second-order valence-electron chi connectivity index (χ2n) is 7.30. The Morgan fingerprint density at radius 3 is 2.53 bits per heavy atom. The average molecular weight is 482 g/mol. The molecule has 0 saturated carbocycles. The second kappa shape index (κ2) is 8.15. The Labute approximate surface area is 188 Å². The van der Waals surface area contributed by atoms with Gasteiger partial charge in [0, 0.05) is 49.5 Å². The van der Waals surface area contributed by atoms with Crippen LogP contribution in [0.2, 0.25) is 5.02 Å². The highest BCUT2D eigenvalue weighted by Gasteiger charge is 2.33. The Hall–Kier alpha value is -1.61. The largest absolute Gasteiger partial charge is 0.481 e. The summed E-state index contributed by atoms with van der Waals surface area (Å²) in [5, 5.41) is 10.7. The van der Waals surface area contributed by atoms with Gasteiger partial charge in [-0.3, -0.25) is 4.79 Å². The molecule has 1 atom stereocenters. The van der Waals surface area contributed by atoms with Crippen LogP contribution in [0.5, 0.6) is 0 Å². The van der Waals surface area contributed by atoms with Crippen LogP contribution < -0.4 is 0 Å². The van der Waals surface area contributed by atoms with E-state index in [2.05, 4.69) is 4.57 Å². The fourth-order valence-corrected chi connectivity index (χ4v) is 6.86. The van der Waals surface area contributed by atoms with Crippen molar-refractivity contribution in [1.82, 2.24) is 4.57 Å². The zero-order chi connectivity index (χ0) is 21.6. The molecule has 0 spiro atoms. The second-order valence-corrected chi connectivity index (χ2v) is 11.7. The predicted molar refractivity (Wildman–Crippen MR) is 122 cm³/mol. The first-order valence-electron chi connectivity index (χ1n) is 9.28. The number of carboxylic acid groups (broad SMARTS) is 1. The van der Waals surface area contributed by atoms with Gasteiger partial charge in [-0.25, -0.2) is 8.42 Å². The number of carboxylic acids is 1. The van der Waals surface area contributed by atoms with Gasteiger partial charge in [-0.05, 0) is 49.1 Å². The summed E-state index contributed by atoms with van der Waals surface area (Å²) >= 11 is 8.98. The molecular weight excluding hydrogens is 462 g/mol. The van der Waals surface area contributed by atoms with Crippen LogP contribution in [0, 0.1) is 0 Å². The number of hydrogen-bond donors (Lipinski definition) is 1. The van der Waals surface area contributed by atoms with Crippen molar-refractivity contribution >= 4 is 61.8 Å². The van der Waals surface area contributed by atoms with Crippen LogP contribution in [0.1, 0.15) is 24.5 Å². The van der Waals surface area contributed by atoms with Crippen molar-refractivity contribution in [2.75, 3.05) is 12.5 Å². The van der Waals surface area contributed by atoms with E-state index < -0.39 is 15.8 Å². The number of sulfone groups is 1. The summed E-state index contributed by atoms with van der Waals surface area (Å²) in [6, 6.07) is 11.1. The molecule has 30 heavy (non-hydrogen) atoms. The van der Waals surface area contributed by atoms with E-state index in [1.807, 2.05) is 24.5 Å². The number of aliphatic carboxylic acids is 1. The van der Waals surface area contributed by atoms with E-state index >= 15 is 0 Å². The van der Waals surface area contributed by atoms with Crippen molar-refractivity contribution in [3.8, 4) is 0 Å². The molecule has 1 aliphatic heterocycles. The molecule has 0 bridgehead atoms. The van der Waals surface area contributed by atoms with Crippen LogP contribution in [-0.2, 0) is 21.2 Å². The molecule has 5 nitrogen and oxygen atoms in total. The number of benzene rings is 2. The van der Waals surface area contributed by atoms with E-state index in [1.165, 1.54) is 29.8 Å². The van der Waals surface area contributed by atoms with Crippen LogP contribution in [0.15, 0.2) is 56.0 Å². The first kappa shape index (κ1) is 21.6. The van der Waals surface area contributed by atoms with E-state index in [1.54, 1.807) is 18.2 Å². The van der Waals surface area contributed by atoms with Gasteiger partial charge in [0.1, 0.15) is 0 Å². The molecule has 1 aromatic heterocycles. The van der Waals surface area contributed by atoms with Gasteiger partial charge in [-0.1, -0.05) is 23.4 Å². The molecule has 0 aliphatic carbocycles. The fourth-order valence-electron chi connectivity index (χ4n) is 4.01. The molecule has 9 heteroatoms. The first-order chi connectivity index (χ1) is 14.2. The highest BCUT2D eigenvalue weighted by atomic mass is 35.5. The maximum atomic E-state index is 12.7. The normalized spacial score (nSPS) is 16.2. The van der Waals surface area contributed by atoms with Crippen molar-refractivity contribution in [2.45, 2.75) is 44.9 Å². The summed E-state index contributed by atoms with van der Waals surface area (Å²) in [4.78, 5) is 14.4. The molecule has 0 saturated heterocycles. The minimum atomic E-state index is -3.49. The predicted octanol–water partition coefficient (Wildman–Crippen LogP) is 5.53. The Bertz CT molecular complexity index is 1250. The van der Waals surface area contributed by atoms with Crippen molar-refractivity contribution in [3.05, 3.63) is 47.1 Å². The standard InChI is InChI=1S/C21H20ClNO4S3/c1-28-15-10-16-19(17(11-15)30(2,26)27)21(29-14-5-3-13(22)4-6-14)20-12(9-18(24)25)7-8-23(16)20/h3-6,10-12H,7-9H2,1-2H3,(H,24,25). The molecule has 0 radical (unpaired) electrons. The molecule has 2 heterocycles. The summed E-state index contributed by atoms with van der Waals surface area (Å²) in [6.45, 7) is 0.673. The maximum Gasteiger partial charge on any atom is 0.304 e. The first-order valence-corrected chi connectivity index (χ1v) is 13.6. The number of hydrogen-bond acceptors (Lipinski definition) is 5. The number of nitrogens with zero attached hydrogens (tertiary/aromatic N) is 1. The van der Waals surface area contributed by atoms with E-state index in [9.17, 15) is 18.3 Å². The van der Waals surface area contributed by atoms with Crippen LogP contribution >= 0.6 is 35.1 Å². The lowest BCUT2D eigenvalue weighted by Crippen LogP contribution is -2.04. The summed E-state index contributed by atoms with van der Waals surface area (Å²) in [6.07, 6.45) is 3.88. The van der Waals surface area contributed by atoms with Gasteiger partial charge in [0.2, 0.25) is 0 Å². The Kier molecular flexibility index (Phi) is 5.87. The molecule has 2 aromatic carbocycles. The molecular formula is C21H20ClNO4S3. The van der Waals surface area contributed by atoms with Gasteiger partial charge in [-0.2, -0.15) is 0 Å².